The summed E-state index contributed by atoms with van der Waals surface area (Å²) in [6, 6.07) is 0. The van der Waals surface area contributed by atoms with Crippen LogP contribution in [0.1, 0.15) is 38.2 Å². The van der Waals surface area contributed by atoms with E-state index in [0.717, 1.165) is 33.8 Å². The first-order valence-electron chi connectivity index (χ1n) is 5.77. The number of aromatic nitrogens is 2. The first-order chi connectivity index (χ1) is 7.56. The Morgan fingerprint density at radius 2 is 2.06 bits per heavy atom. The number of halogens is 2. The first kappa shape index (κ1) is 12.6. The molecule has 0 radical (unpaired) electrons. The van der Waals surface area contributed by atoms with E-state index < -0.39 is 0 Å². The van der Waals surface area contributed by atoms with Crippen molar-refractivity contribution in [1.29, 1.82) is 0 Å². The SMILES string of the molecule is CC(C)Cc1nc(CC2CC2)nc(Cl)c1I. The largest absolute Gasteiger partial charge is 0.237 e. The Kier molecular flexibility index (Phi) is 4.06. The van der Waals surface area contributed by atoms with Crippen molar-refractivity contribution in [1.82, 2.24) is 9.97 Å². The topological polar surface area (TPSA) is 25.8 Å². The summed E-state index contributed by atoms with van der Waals surface area (Å²) in [5, 5.41) is 0.627. The standard InChI is InChI=1S/C12H16ClIN2/c1-7(2)5-9-11(14)12(13)16-10(15-9)6-8-3-4-8/h7-8H,3-6H2,1-2H3. The summed E-state index contributed by atoms with van der Waals surface area (Å²) in [4.78, 5) is 9.02. The van der Waals surface area contributed by atoms with Crippen molar-refractivity contribution in [2.45, 2.75) is 39.5 Å². The van der Waals surface area contributed by atoms with Gasteiger partial charge in [-0.1, -0.05) is 25.4 Å². The second kappa shape index (κ2) is 5.17. The summed E-state index contributed by atoms with van der Waals surface area (Å²) >= 11 is 8.39. The highest BCUT2D eigenvalue weighted by atomic mass is 127. The lowest BCUT2D eigenvalue weighted by Gasteiger charge is -2.09. The molecule has 0 spiro atoms. The van der Waals surface area contributed by atoms with Gasteiger partial charge in [-0.3, -0.25) is 0 Å². The maximum atomic E-state index is 6.15. The molecule has 1 aliphatic carbocycles. The van der Waals surface area contributed by atoms with Crippen LogP contribution in [0.2, 0.25) is 5.15 Å². The van der Waals surface area contributed by atoms with Crippen molar-refractivity contribution >= 4 is 34.2 Å². The fourth-order valence-corrected chi connectivity index (χ4v) is 2.37. The van der Waals surface area contributed by atoms with Crippen LogP contribution in [-0.2, 0) is 12.8 Å². The van der Waals surface area contributed by atoms with E-state index in [1.807, 2.05) is 0 Å². The van der Waals surface area contributed by atoms with E-state index in [2.05, 4.69) is 46.4 Å². The van der Waals surface area contributed by atoms with Crippen LogP contribution in [0.4, 0.5) is 0 Å². The predicted octanol–water partition coefficient (Wildman–Crippen LogP) is 3.89. The molecule has 0 bridgehead atoms. The Bertz CT molecular complexity index is 389. The summed E-state index contributed by atoms with van der Waals surface area (Å²) in [5.74, 6) is 2.35. The molecule has 16 heavy (non-hydrogen) atoms. The fraction of sp³-hybridized carbons (Fsp3) is 0.667. The highest BCUT2D eigenvalue weighted by Gasteiger charge is 2.24. The molecular formula is C12H16ClIN2. The van der Waals surface area contributed by atoms with Crippen LogP contribution < -0.4 is 0 Å². The molecule has 1 heterocycles. The van der Waals surface area contributed by atoms with E-state index in [1.54, 1.807) is 0 Å². The quantitative estimate of drug-likeness (QED) is 0.608. The van der Waals surface area contributed by atoms with Gasteiger partial charge in [0.25, 0.3) is 0 Å². The minimum Gasteiger partial charge on any atom is -0.237 e. The average molecular weight is 351 g/mol. The van der Waals surface area contributed by atoms with Gasteiger partial charge in [0.15, 0.2) is 0 Å². The monoisotopic (exact) mass is 350 g/mol. The normalized spacial score (nSPS) is 15.8. The molecule has 0 unspecified atom stereocenters. The van der Waals surface area contributed by atoms with Crippen LogP contribution in [0.3, 0.4) is 0 Å². The molecular weight excluding hydrogens is 335 g/mol. The van der Waals surface area contributed by atoms with Crippen molar-refractivity contribution in [3.8, 4) is 0 Å². The summed E-state index contributed by atoms with van der Waals surface area (Å²) in [5.41, 5.74) is 1.12. The Balaban J connectivity index is 2.22. The molecule has 2 nitrogen and oxygen atoms in total. The van der Waals surface area contributed by atoms with Crippen LogP contribution in [0.15, 0.2) is 0 Å². The lowest BCUT2D eigenvalue weighted by molar-refractivity contribution is 0.624. The zero-order chi connectivity index (χ0) is 11.7. The molecule has 0 amide bonds. The molecule has 0 saturated heterocycles. The van der Waals surface area contributed by atoms with Crippen molar-refractivity contribution in [2.24, 2.45) is 11.8 Å². The molecule has 1 saturated carbocycles. The van der Waals surface area contributed by atoms with Gasteiger partial charge >= 0.3 is 0 Å². The van der Waals surface area contributed by atoms with Crippen LogP contribution in [-0.4, -0.2) is 9.97 Å². The minimum absolute atomic E-state index is 0.605. The predicted molar refractivity (Wildman–Crippen MR) is 74.7 cm³/mol. The lowest BCUT2D eigenvalue weighted by atomic mass is 10.1. The van der Waals surface area contributed by atoms with Gasteiger partial charge in [0.1, 0.15) is 11.0 Å². The van der Waals surface area contributed by atoms with Gasteiger partial charge in [-0.05, 0) is 53.7 Å². The number of hydrogen-bond acceptors (Lipinski definition) is 2. The maximum absolute atomic E-state index is 6.15. The van der Waals surface area contributed by atoms with E-state index in [9.17, 15) is 0 Å². The second-order valence-electron chi connectivity index (χ2n) is 4.94. The zero-order valence-electron chi connectivity index (χ0n) is 9.63. The molecule has 0 atom stereocenters. The summed E-state index contributed by atoms with van der Waals surface area (Å²) in [6.07, 6.45) is 4.64. The Morgan fingerprint density at radius 3 is 2.62 bits per heavy atom. The molecule has 1 fully saturated rings. The summed E-state index contributed by atoms with van der Waals surface area (Å²) in [6.45, 7) is 4.40. The molecule has 0 aliphatic heterocycles. The number of nitrogens with zero attached hydrogens (tertiary/aromatic N) is 2. The zero-order valence-corrected chi connectivity index (χ0v) is 12.5. The number of rotatable bonds is 4. The molecule has 1 aliphatic rings. The molecule has 0 N–H and O–H groups in total. The van der Waals surface area contributed by atoms with Crippen LogP contribution in [0.5, 0.6) is 0 Å². The van der Waals surface area contributed by atoms with E-state index in [1.165, 1.54) is 12.8 Å². The molecule has 1 aromatic rings. The van der Waals surface area contributed by atoms with Gasteiger partial charge in [-0.15, -0.1) is 0 Å². The molecule has 0 aromatic carbocycles. The first-order valence-corrected chi connectivity index (χ1v) is 7.22. The summed E-state index contributed by atoms with van der Waals surface area (Å²) < 4.78 is 1.02. The van der Waals surface area contributed by atoms with Crippen LogP contribution in [0, 0.1) is 15.4 Å². The third kappa shape index (κ3) is 3.29. The third-order valence-electron chi connectivity index (χ3n) is 2.70. The van der Waals surface area contributed by atoms with Crippen molar-refractivity contribution in [3.63, 3.8) is 0 Å². The fourth-order valence-electron chi connectivity index (χ4n) is 1.70. The van der Waals surface area contributed by atoms with Crippen molar-refractivity contribution in [2.75, 3.05) is 0 Å². The Hall–Kier alpha value is 0.100. The van der Waals surface area contributed by atoms with Gasteiger partial charge < -0.3 is 0 Å². The third-order valence-corrected chi connectivity index (χ3v) is 4.42. The maximum Gasteiger partial charge on any atom is 0.146 e. The van der Waals surface area contributed by atoms with Gasteiger partial charge in [0.05, 0.1) is 9.26 Å². The van der Waals surface area contributed by atoms with Crippen LogP contribution >= 0.6 is 34.2 Å². The Morgan fingerprint density at radius 1 is 1.38 bits per heavy atom. The molecule has 4 heteroatoms. The van der Waals surface area contributed by atoms with E-state index in [4.69, 9.17) is 11.6 Å². The molecule has 1 aromatic heterocycles. The highest BCUT2D eigenvalue weighted by molar-refractivity contribution is 14.1. The molecule has 2 rings (SSSR count). The van der Waals surface area contributed by atoms with E-state index >= 15 is 0 Å². The minimum atomic E-state index is 0.605. The second-order valence-corrected chi connectivity index (χ2v) is 6.37. The molecule has 88 valence electrons. The van der Waals surface area contributed by atoms with E-state index in [0.29, 0.717) is 11.1 Å². The van der Waals surface area contributed by atoms with Crippen LogP contribution in [0.25, 0.3) is 0 Å². The van der Waals surface area contributed by atoms with E-state index in [-0.39, 0.29) is 0 Å². The van der Waals surface area contributed by atoms with Crippen molar-refractivity contribution < 1.29 is 0 Å². The van der Waals surface area contributed by atoms with Gasteiger partial charge in [0, 0.05) is 6.42 Å². The Labute approximate surface area is 115 Å². The lowest BCUT2D eigenvalue weighted by Crippen LogP contribution is -2.07. The number of hydrogen-bond donors (Lipinski definition) is 0. The smallest absolute Gasteiger partial charge is 0.146 e. The van der Waals surface area contributed by atoms with Crippen molar-refractivity contribution in [3.05, 3.63) is 20.2 Å². The average Bonchev–Trinajstić information content (AvgIpc) is 2.96. The van der Waals surface area contributed by atoms with Gasteiger partial charge in [-0.2, -0.15) is 0 Å². The summed E-state index contributed by atoms with van der Waals surface area (Å²) in [7, 11) is 0. The van der Waals surface area contributed by atoms with Gasteiger partial charge in [-0.25, -0.2) is 9.97 Å². The highest BCUT2D eigenvalue weighted by Crippen LogP contribution is 2.32. The van der Waals surface area contributed by atoms with Gasteiger partial charge in [0.2, 0.25) is 0 Å².